The number of fused-ring (bicyclic) bond motifs is 3. The summed E-state index contributed by atoms with van der Waals surface area (Å²) in [5.41, 5.74) is 1.93. The summed E-state index contributed by atoms with van der Waals surface area (Å²) in [5, 5.41) is 14.3. The number of H-pyrrole nitrogens is 1. The van der Waals surface area contributed by atoms with Crippen LogP contribution in [0.2, 0.25) is 0 Å². The molecule has 3 heterocycles. The smallest absolute Gasteiger partial charge is 0.410 e. The zero-order chi connectivity index (χ0) is 27.6. The molecule has 0 radical (unpaired) electrons. The number of anilines is 1. The number of hydrogen-bond donors (Lipinski definition) is 2. The number of amides is 1. The molecule has 10 nitrogen and oxygen atoms in total. The molecule has 2 aromatic heterocycles. The highest BCUT2D eigenvalue weighted by Gasteiger charge is 2.27. The Kier molecular flexibility index (Phi) is 7.38. The van der Waals surface area contributed by atoms with E-state index >= 15 is 0 Å². The molecule has 1 aliphatic heterocycles. The van der Waals surface area contributed by atoms with Crippen molar-refractivity contribution in [1.29, 1.82) is 0 Å². The summed E-state index contributed by atoms with van der Waals surface area (Å²) < 4.78 is 16.2. The quantitative estimate of drug-likeness (QED) is 0.266. The summed E-state index contributed by atoms with van der Waals surface area (Å²) in [5.74, 6) is 0.630. The van der Waals surface area contributed by atoms with Crippen molar-refractivity contribution in [3.05, 3.63) is 58.9 Å². The van der Waals surface area contributed by atoms with Gasteiger partial charge in [-0.15, -0.1) is 10.2 Å². The van der Waals surface area contributed by atoms with Gasteiger partial charge in [-0.25, -0.2) is 4.79 Å². The van der Waals surface area contributed by atoms with E-state index in [1.807, 2.05) is 69.3 Å². The van der Waals surface area contributed by atoms with E-state index in [-0.39, 0.29) is 24.5 Å². The van der Waals surface area contributed by atoms with Crippen LogP contribution in [-0.2, 0) is 9.47 Å². The number of piperidine rings is 1. The van der Waals surface area contributed by atoms with Crippen LogP contribution >= 0.6 is 0 Å². The second kappa shape index (κ2) is 10.9. The fraction of sp³-hybridized carbons (Fsp3) is 0.379. The number of methoxy groups -OCH3 is 1. The zero-order valence-corrected chi connectivity index (χ0v) is 22.6. The molecule has 0 atom stereocenters. The first-order valence-corrected chi connectivity index (χ1v) is 13.0. The fourth-order valence-electron chi connectivity index (χ4n) is 4.75. The van der Waals surface area contributed by atoms with Crippen molar-refractivity contribution >= 4 is 33.6 Å². The standard InChI is InChI=1S/C29H33N5O5/c1-29(2,3)39-28(36)34-13-11-18(12-14-34)30-19-9-10-20-22-16-24(21-7-5-6-8-25(21)38-17-37-4)32-33-26(22)31-27(35)23(20)15-19/h5-10,15-16,18,30H,11-14,17H2,1-4H3,(H,31,33,35). The van der Waals surface area contributed by atoms with Crippen molar-refractivity contribution in [2.75, 3.05) is 32.3 Å². The van der Waals surface area contributed by atoms with Gasteiger partial charge in [0.15, 0.2) is 12.4 Å². The van der Waals surface area contributed by atoms with Crippen molar-refractivity contribution in [3.8, 4) is 17.0 Å². The van der Waals surface area contributed by atoms with Crippen LogP contribution in [0.3, 0.4) is 0 Å². The first kappa shape index (κ1) is 26.4. The maximum absolute atomic E-state index is 13.0. The van der Waals surface area contributed by atoms with Crippen molar-refractivity contribution in [2.45, 2.75) is 45.3 Å². The molecular weight excluding hydrogens is 498 g/mol. The number of hydrogen-bond acceptors (Lipinski definition) is 8. The minimum atomic E-state index is -0.512. The van der Waals surface area contributed by atoms with Crippen LogP contribution in [0.25, 0.3) is 33.1 Å². The van der Waals surface area contributed by atoms with E-state index in [1.165, 1.54) is 0 Å². The average molecular weight is 532 g/mol. The average Bonchev–Trinajstić information content (AvgIpc) is 2.91. The normalized spacial score (nSPS) is 14.5. The molecule has 1 fully saturated rings. The number of benzene rings is 2. The molecule has 2 aromatic carbocycles. The Balaban J connectivity index is 1.38. The summed E-state index contributed by atoms with van der Waals surface area (Å²) in [6, 6.07) is 15.4. The first-order valence-electron chi connectivity index (χ1n) is 13.0. The number of pyridine rings is 1. The van der Waals surface area contributed by atoms with E-state index in [0.717, 1.165) is 34.9 Å². The van der Waals surface area contributed by atoms with Gasteiger partial charge in [0.1, 0.15) is 11.4 Å². The number of carbonyl (C=O) groups excluding carboxylic acids is 1. The number of nitrogens with one attached hydrogen (secondary N) is 2. The number of nitrogens with zero attached hydrogens (tertiary/aromatic N) is 3. The molecule has 0 aliphatic carbocycles. The van der Waals surface area contributed by atoms with E-state index < -0.39 is 5.60 Å². The van der Waals surface area contributed by atoms with Crippen LogP contribution < -0.4 is 15.6 Å². The van der Waals surface area contributed by atoms with Crippen LogP contribution in [0.1, 0.15) is 33.6 Å². The summed E-state index contributed by atoms with van der Waals surface area (Å²) >= 11 is 0. The molecule has 2 N–H and O–H groups in total. The fourth-order valence-corrected chi connectivity index (χ4v) is 4.75. The Morgan fingerprint density at radius 2 is 1.82 bits per heavy atom. The molecular formula is C29H33N5O5. The Hall–Kier alpha value is -4.18. The molecule has 1 amide bonds. The third-order valence-electron chi connectivity index (χ3n) is 6.59. The predicted octanol–water partition coefficient (Wildman–Crippen LogP) is 4.93. The third kappa shape index (κ3) is 5.96. The third-order valence-corrected chi connectivity index (χ3v) is 6.59. The maximum atomic E-state index is 13.0. The lowest BCUT2D eigenvalue weighted by molar-refractivity contribution is 0.0210. The molecule has 0 bridgehead atoms. The topological polar surface area (TPSA) is 119 Å². The van der Waals surface area contributed by atoms with E-state index in [0.29, 0.717) is 35.6 Å². The van der Waals surface area contributed by atoms with Crippen molar-refractivity contribution in [2.24, 2.45) is 0 Å². The first-order chi connectivity index (χ1) is 18.7. The molecule has 10 heteroatoms. The second-order valence-electron chi connectivity index (χ2n) is 10.6. The SMILES string of the molecule is COCOc1ccccc1-c1cc2c(nn1)[nH]c(=O)c1cc(NC3CCN(C(=O)OC(C)(C)C)CC3)ccc12. The number of aromatic amines is 1. The van der Waals surface area contributed by atoms with E-state index in [2.05, 4.69) is 20.5 Å². The van der Waals surface area contributed by atoms with Crippen molar-refractivity contribution in [1.82, 2.24) is 20.1 Å². The van der Waals surface area contributed by atoms with Gasteiger partial charge in [0.2, 0.25) is 0 Å². The molecule has 1 aliphatic rings. The number of likely N-dealkylation sites (tertiary alicyclic amines) is 1. The van der Waals surface area contributed by atoms with Crippen molar-refractivity contribution in [3.63, 3.8) is 0 Å². The summed E-state index contributed by atoms with van der Waals surface area (Å²) in [6.45, 7) is 6.95. The van der Waals surface area contributed by atoms with Gasteiger partial charge in [-0.1, -0.05) is 18.2 Å². The molecule has 204 valence electrons. The van der Waals surface area contributed by atoms with Gasteiger partial charge in [-0.3, -0.25) is 4.79 Å². The minimum absolute atomic E-state index is 0.115. The van der Waals surface area contributed by atoms with Gasteiger partial charge in [0, 0.05) is 48.3 Å². The monoisotopic (exact) mass is 531 g/mol. The molecule has 0 saturated carbocycles. The Morgan fingerprint density at radius 3 is 2.56 bits per heavy atom. The van der Waals surface area contributed by atoms with Gasteiger partial charge in [-0.05, 0) is 69.3 Å². The highest BCUT2D eigenvalue weighted by molar-refractivity contribution is 6.05. The second-order valence-corrected chi connectivity index (χ2v) is 10.6. The molecule has 39 heavy (non-hydrogen) atoms. The summed E-state index contributed by atoms with van der Waals surface area (Å²) in [6.07, 6.45) is 1.30. The predicted molar refractivity (Wildman–Crippen MR) is 150 cm³/mol. The minimum Gasteiger partial charge on any atom is -0.467 e. The van der Waals surface area contributed by atoms with Gasteiger partial charge in [-0.2, -0.15) is 0 Å². The number of para-hydroxylation sites is 1. The van der Waals surface area contributed by atoms with Crippen molar-refractivity contribution < 1.29 is 19.0 Å². The molecule has 1 saturated heterocycles. The Bertz CT molecular complexity index is 1550. The summed E-state index contributed by atoms with van der Waals surface area (Å²) in [7, 11) is 1.57. The summed E-state index contributed by atoms with van der Waals surface area (Å²) in [4.78, 5) is 29.9. The Labute approximate surface area is 226 Å². The van der Waals surface area contributed by atoms with Gasteiger partial charge < -0.3 is 29.4 Å². The van der Waals surface area contributed by atoms with Crippen LogP contribution in [0.4, 0.5) is 10.5 Å². The van der Waals surface area contributed by atoms with Crippen LogP contribution in [-0.4, -0.2) is 64.8 Å². The van der Waals surface area contributed by atoms with E-state index in [9.17, 15) is 9.59 Å². The lowest BCUT2D eigenvalue weighted by Crippen LogP contribution is -2.44. The van der Waals surface area contributed by atoms with E-state index in [1.54, 1.807) is 12.0 Å². The lowest BCUT2D eigenvalue weighted by Gasteiger charge is -2.34. The maximum Gasteiger partial charge on any atom is 0.410 e. The van der Waals surface area contributed by atoms with Crippen LogP contribution in [0, 0.1) is 0 Å². The number of aromatic nitrogens is 3. The number of ether oxygens (including phenoxy) is 3. The van der Waals surface area contributed by atoms with Gasteiger partial charge >= 0.3 is 6.09 Å². The highest BCUT2D eigenvalue weighted by Crippen LogP contribution is 2.31. The van der Waals surface area contributed by atoms with E-state index in [4.69, 9.17) is 14.2 Å². The highest BCUT2D eigenvalue weighted by atomic mass is 16.7. The van der Waals surface area contributed by atoms with Gasteiger partial charge in [0.05, 0.1) is 5.69 Å². The van der Waals surface area contributed by atoms with Crippen LogP contribution in [0.5, 0.6) is 5.75 Å². The lowest BCUT2D eigenvalue weighted by atomic mass is 10.0. The number of rotatable bonds is 6. The largest absolute Gasteiger partial charge is 0.467 e. The molecule has 0 spiro atoms. The van der Waals surface area contributed by atoms with Crippen LogP contribution in [0.15, 0.2) is 53.3 Å². The van der Waals surface area contributed by atoms with Gasteiger partial charge in [0.25, 0.3) is 5.56 Å². The number of carbonyl (C=O) groups is 1. The Morgan fingerprint density at radius 1 is 1.05 bits per heavy atom. The zero-order valence-electron chi connectivity index (χ0n) is 22.6. The molecule has 5 rings (SSSR count). The molecule has 4 aromatic rings. The molecule has 0 unspecified atom stereocenters.